The Kier molecular flexibility index (Phi) is 6.62. The van der Waals surface area contributed by atoms with Crippen molar-refractivity contribution in [2.75, 3.05) is 10.6 Å². The van der Waals surface area contributed by atoms with E-state index in [4.69, 9.17) is 11.6 Å². The van der Waals surface area contributed by atoms with Crippen LogP contribution in [0.5, 0.6) is 5.75 Å². The highest BCUT2D eigenvalue weighted by atomic mass is 35.5. The topological polar surface area (TPSA) is 89.0 Å². The number of alkyl halides is 3. The second-order valence-corrected chi connectivity index (χ2v) is 6.08. The lowest BCUT2D eigenvalue weighted by atomic mass is 10.3. The van der Waals surface area contributed by atoms with Crippen LogP contribution in [0.1, 0.15) is 10.5 Å². The van der Waals surface area contributed by atoms with Gasteiger partial charge in [-0.25, -0.2) is 23.1 Å². The lowest BCUT2D eigenvalue weighted by Crippen LogP contribution is -2.21. The first-order valence-corrected chi connectivity index (χ1v) is 8.60. The number of pyridine rings is 1. The Morgan fingerprint density at radius 3 is 2.63 bits per heavy atom. The molecule has 0 fully saturated rings. The SMILES string of the molecule is O=C(Nc1cnccc1OC(F)C(F)F)c1ccnc(Nc2ccc(Cl)cc2F)n1. The van der Waals surface area contributed by atoms with E-state index in [0.29, 0.717) is 0 Å². The number of aromatic nitrogens is 3. The van der Waals surface area contributed by atoms with Gasteiger partial charge < -0.3 is 15.4 Å². The molecule has 1 amide bonds. The number of anilines is 3. The Labute approximate surface area is 172 Å². The Balaban J connectivity index is 1.76. The van der Waals surface area contributed by atoms with E-state index in [9.17, 15) is 22.4 Å². The molecule has 0 aliphatic heterocycles. The van der Waals surface area contributed by atoms with Gasteiger partial charge >= 0.3 is 6.43 Å². The van der Waals surface area contributed by atoms with Crippen LogP contribution in [0, 0.1) is 5.82 Å². The van der Waals surface area contributed by atoms with Gasteiger partial charge in [-0.2, -0.15) is 4.39 Å². The van der Waals surface area contributed by atoms with Gasteiger partial charge in [0.05, 0.1) is 11.9 Å². The van der Waals surface area contributed by atoms with Gasteiger partial charge in [-0.3, -0.25) is 9.78 Å². The third-order valence-electron chi connectivity index (χ3n) is 3.53. The Morgan fingerprint density at radius 1 is 1.10 bits per heavy atom. The van der Waals surface area contributed by atoms with Crippen molar-refractivity contribution in [1.82, 2.24) is 15.0 Å². The standard InChI is InChI=1S/C18H12ClF4N5O2/c19-9-1-2-11(10(20)7-9)27-18-25-6-3-12(28-18)17(29)26-13-8-24-5-4-14(13)30-16(23)15(21)22/h1-8,15-16H,(H,26,29)(H,25,27,28). The zero-order valence-corrected chi connectivity index (χ0v) is 15.6. The van der Waals surface area contributed by atoms with Gasteiger partial charge in [-0.1, -0.05) is 11.6 Å². The molecule has 1 atom stereocenters. The summed E-state index contributed by atoms with van der Waals surface area (Å²) in [4.78, 5) is 24.0. The van der Waals surface area contributed by atoms with Crippen LogP contribution < -0.4 is 15.4 Å². The van der Waals surface area contributed by atoms with Crippen molar-refractivity contribution in [3.8, 4) is 5.75 Å². The molecule has 0 bridgehead atoms. The summed E-state index contributed by atoms with van der Waals surface area (Å²) in [6.07, 6.45) is -2.74. The molecule has 0 saturated heterocycles. The van der Waals surface area contributed by atoms with Crippen LogP contribution >= 0.6 is 11.6 Å². The molecule has 0 radical (unpaired) electrons. The van der Waals surface area contributed by atoms with Crippen LogP contribution in [-0.2, 0) is 0 Å². The number of benzene rings is 1. The Morgan fingerprint density at radius 2 is 1.90 bits per heavy atom. The van der Waals surface area contributed by atoms with Crippen molar-refractivity contribution < 1.29 is 27.1 Å². The van der Waals surface area contributed by atoms with E-state index in [2.05, 4.69) is 30.3 Å². The summed E-state index contributed by atoms with van der Waals surface area (Å²) >= 11 is 5.69. The molecule has 7 nitrogen and oxygen atoms in total. The molecule has 2 aromatic heterocycles. The van der Waals surface area contributed by atoms with Crippen LogP contribution in [-0.4, -0.2) is 33.6 Å². The summed E-state index contributed by atoms with van der Waals surface area (Å²) in [7, 11) is 0. The largest absolute Gasteiger partial charge is 0.452 e. The number of hydrogen-bond acceptors (Lipinski definition) is 6. The number of halogens is 5. The Bertz CT molecular complexity index is 1060. The normalized spacial score (nSPS) is 11.8. The van der Waals surface area contributed by atoms with Gasteiger partial charge in [-0.15, -0.1) is 0 Å². The predicted octanol–water partition coefficient (Wildman–Crippen LogP) is 4.60. The molecular weight excluding hydrogens is 430 g/mol. The van der Waals surface area contributed by atoms with Gasteiger partial charge in [0.15, 0.2) is 0 Å². The summed E-state index contributed by atoms with van der Waals surface area (Å²) in [5.41, 5.74) is -0.272. The molecule has 3 rings (SSSR count). The van der Waals surface area contributed by atoms with Gasteiger partial charge in [-0.05, 0) is 24.3 Å². The number of hydrogen-bond donors (Lipinski definition) is 2. The average Bonchev–Trinajstić information content (AvgIpc) is 2.71. The number of amides is 1. The van der Waals surface area contributed by atoms with E-state index in [1.54, 1.807) is 0 Å². The third kappa shape index (κ3) is 5.32. The van der Waals surface area contributed by atoms with Crippen molar-refractivity contribution in [2.45, 2.75) is 12.8 Å². The number of rotatable bonds is 7. The molecule has 30 heavy (non-hydrogen) atoms. The zero-order valence-electron chi connectivity index (χ0n) is 14.8. The van der Waals surface area contributed by atoms with Crippen LogP contribution in [0.25, 0.3) is 0 Å². The number of carbonyl (C=O) groups is 1. The third-order valence-corrected chi connectivity index (χ3v) is 3.77. The van der Waals surface area contributed by atoms with Crippen molar-refractivity contribution in [3.05, 3.63) is 65.5 Å². The molecular formula is C18H12ClF4N5O2. The summed E-state index contributed by atoms with van der Waals surface area (Å²) < 4.78 is 56.4. The maximum absolute atomic E-state index is 13.9. The van der Waals surface area contributed by atoms with E-state index in [-0.39, 0.29) is 33.8 Å². The van der Waals surface area contributed by atoms with Crippen LogP contribution in [0.2, 0.25) is 5.02 Å². The van der Waals surface area contributed by atoms with Crippen molar-refractivity contribution in [2.24, 2.45) is 0 Å². The monoisotopic (exact) mass is 441 g/mol. The number of carbonyl (C=O) groups excluding carboxylic acids is 1. The molecule has 0 saturated carbocycles. The number of ether oxygens (including phenoxy) is 1. The van der Waals surface area contributed by atoms with Gasteiger partial charge in [0.25, 0.3) is 12.3 Å². The fourth-order valence-corrected chi connectivity index (χ4v) is 2.35. The molecule has 2 heterocycles. The Hall–Kier alpha value is -3.47. The summed E-state index contributed by atoms with van der Waals surface area (Å²) in [6, 6.07) is 6.27. The second kappa shape index (κ2) is 9.35. The maximum Gasteiger partial charge on any atom is 0.304 e. The molecule has 0 aliphatic rings. The van der Waals surface area contributed by atoms with Crippen molar-refractivity contribution in [1.29, 1.82) is 0 Å². The fraction of sp³-hybridized carbons (Fsp3) is 0.111. The quantitative estimate of drug-likeness (QED) is 0.521. The first kappa shape index (κ1) is 21.2. The smallest absolute Gasteiger partial charge is 0.304 e. The second-order valence-electron chi connectivity index (χ2n) is 5.64. The molecule has 1 aromatic carbocycles. The first-order valence-electron chi connectivity index (χ1n) is 8.23. The van der Waals surface area contributed by atoms with Gasteiger partial charge in [0.1, 0.15) is 22.9 Å². The van der Waals surface area contributed by atoms with Crippen LogP contribution in [0.15, 0.2) is 48.9 Å². The van der Waals surface area contributed by atoms with Crippen molar-refractivity contribution in [3.63, 3.8) is 0 Å². The lowest BCUT2D eigenvalue weighted by Gasteiger charge is -2.14. The van der Waals surface area contributed by atoms with E-state index >= 15 is 0 Å². The molecule has 156 valence electrons. The number of nitrogens with zero attached hydrogens (tertiary/aromatic N) is 3. The highest BCUT2D eigenvalue weighted by Crippen LogP contribution is 2.26. The van der Waals surface area contributed by atoms with Crippen LogP contribution in [0.3, 0.4) is 0 Å². The van der Waals surface area contributed by atoms with Crippen molar-refractivity contribution >= 4 is 34.8 Å². The van der Waals surface area contributed by atoms with E-state index in [1.165, 1.54) is 30.6 Å². The minimum absolute atomic E-state index is 0.0286. The molecule has 12 heteroatoms. The molecule has 2 N–H and O–H groups in total. The highest BCUT2D eigenvalue weighted by molar-refractivity contribution is 6.30. The fourth-order valence-electron chi connectivity index (χ4n) is 2.19. The van der Waals surface area contributed by atoms with Gasteiger partial charge in [0, 0.05) is 23.5 Å². The van der Waals surface area contributed by atoms with Gasteiger partial charge in [0.2, 0.25) is 5.95 Å². The highest BCUT2D eigenvalue weighted by Gasteiger charge is 2.23. The molecule has 0 aliphatic carbocycles. The number of nitrogens with one attached hydrogen (secondary N) is 2. The minimum Gasteiger partial charge on any atom is -0.452 e. The average molecular weight is 442 g/mol. The molecule has 1 unspecified atom stereocenters. The lowest BCUT2D eigenvalue weighted by molar-refractivity contribution is -0.0665. The van der Waals surface area contributed by atoms with E-state index < -0.39 is 24.5 Å². The zero-order chi connectivity index (χ0) is 21.7. The summed E-state index contributed by atoms with van der Waals surface area (Å²) in [5.74, 6) is -1.88. The first-order chi connectivity index (χ1) is 14.3. The van der Waals surface area contributed by atoms with Crippen LogP contribution in [0.4, 0.5) is 34.9 Å². The van der Waals surface area contributed by atoms with E-state index in [1.807, 2.05) is 0 Å². The van der Waals surface area contributed by atoms with E-state index in [0.717, 1.165) is 18.3 Å². The minimum atomic E-state index is -3.37. The molecule has 0 spiro atoms. The summed E-state index contributed by atoms with van der Waals surface area (Å²) in [5, 5.41) is 5.13. The molecule has 3 aromatic rings. The summed E-state index contributed by atoms with van der Waals surface area (Å²) in [6.45, 7) is 0. The predicted molar refractivity (Wildman–Crippen MR) is 100 cm³/mol. The maximum atomic E-state index is 13.9.